The summed E-state index contributed by atoms with van der Waals surface area (Å²) in [6, 6.07) is 9.16. The number of aromatic nitrogens is 4. The van der Waals surface area contributed by atoms with Gasteiger partial charge in [0.2, 0.25) is 0 Å². The molecule has 12 heteroatoms. The van der Waals surface area contributed by atoms with Gasteiger partial charge in [-0.2, -0.15) is 9.97 Å². The Labute approximate surface area is 222 Å². The smallest absolute Gasteiger partial charge is 0.296 e. The molecule has 1 aliphatic carbocycles. The lowest BCUT2D eigenvalue weighted by molar-refractivity contribution is 0.122. The Morgan fingerprint density at radius 3 is 2.53 bits per heavy atom. The standard InChI is InChI=1S/C26H31F2N7O2S/c27-24(28)25-30-20-4-1-2-5-21(20)35(25)23-16-22(33-11-13-37-14-12-33)31-26(32-23)29-17-18-6-8-19(9-7-18)34-10-3-15-38(34)36/h1-2,4-5,16-19,24H,3,6-15H2. The zero-order valence-electron chi connectivity index (χ0n) is 21.1. The zero-order chi connectivity index (χ0) is 26.1. The summed E-state index contributed by atoms with van der Waals surface area (Å²) in [5, 5.41) is 0. The van der Waals surface area contributed by atoms with Crippen LogP contribution in [0.15, 0.2) is 35.3 Å². The fraction of sp³-hybridized carbons (Fsp3) is 0.538. The van der Waals surface area contributed by atoms with Crippen LogP contribution in [0, 0.1) is 5.92 Å². The normalized spacial score (nSPS) is 25.2. The van der Waals surface area contributed by atoms with Gasteiger partial charge in [-0.25, -0.2) is 27.3 Å². The summed E-state index contributed by atoms with van der Waals surface area (Å²) >= 11 is 0. The minimum Gasteiger partial charge on any atom is -0.378 e. The minimum absolute atomic E-state index is 0.241. The first kappa shape index (κ1) is 25.4. The molecule has 4 heterocycles. The number of hydrogen-bond donors (Lipinski definition) is 0. The molecule has 3 aromatic rings. The topological polar surface area (TPSA) is 88.7 Å². The number of anilines is 1. The highest BCUT2D eigenvalue weighted by Gasteiger charge is 2.31. The number of ether oxygens (including phenoxy) is 1. The van der Waals surface area contributed by atoms with Crippen LogP contribution in [0.25, 0.3) is 16.9 Å². The van der Waals surface area contributed by atoms with E-state index in [4.69, 9.17) is 4.74 Å². The number of fused-ring (bicyclic) bond motifs is 1. The van der Waals surface area contributed by atoms with Gasteiger partial charge in [0.05, 0.1) is 35.2 Å². The molecule has 0 radical (unpaired) electrons. The molecule has 1 saturated carbocycles. The van der Waals surface area contributed by atoms with Crippen LogP contribution in [0.4, 0.5) is 20.5 Å². The third-order valence-corrected chi connectivity index (χ3v) is 9.18. The van der Waals surface area contributed by atoms with Crippen LogP contribution in [-0.4, -0.2) is 78.9 Å². The van der Waals surface area contributed by atoms with Crippen LogP contribution in [0.5, 0.6) is 0 Å². The second-order valence-corrected chi connectivity index (χ2v) is 11.5. The van der Waals surface area contributed by atoms with Gasteiger partial charge in [-0.05, 0) is 50.2 Å². The number of morpholine rings is 1. The van der Waals surface area contributed by atoms with E-state index in [-0.39, 0.29) is 17.7 Å². The Hall–Kier alpha value is -2.83. The van der Waals surface area contributed by atoms with Crippen molar-refractivity contribution in [2.75, 3.05) is 43.5 Å². The predicted molar refractivity (Wildman–Crippen MR) is 143 cm³/mol. The number of imidazole rings is 1. The molecule has 6 rings (SSSR count). The Morgan fingerprint density at radius 2 is 1.79 bits per heavy atom. The number of halogens is 2. The maximum atomic E-state index is 14.1. The van der Waals surface area contributed by atoms with Gasteiger partial charge in [0.25, 0.3) is 12.4 Å². The fourth-order valence-electron chi connectivity index (χ4n) is 5.59. The minimum atomic E-state index is -2.77. The monoisotopic (exact) mass is 543 g/mol. The first-order valence-corrected chi connectivity index (χ1v) is 14.5. The van der Waals surface area contributed by atoms with Gasteiger partial charge in [0.15, 0.2) is 5.82 Å². The third-order valence-electron chi connectivity index (χ3n) is 7.54. The van der Waals surface area contributed by atoms with Crippen molar-refractivity contribution in [2.45, 2.75) is 44.6 Å². The molecule has 9 nitrogen and oxygen atoms in total. The van der Waals surface area contributed by atoms with Gasteiger partial charge in [0, 0.05) is 43.7 Å². The summed E-state index contributed by atoms with van der Waals surface area (Å²) in [5.41, 5.74) is 1.04. The van der Waals surface area contributed by atoms with Gasteiger partial charge in [-0.1, -0.05) is 12.1 Å². The van der Waals surface area contributed by atoms with Crippen LogP contribution in [-0.2, 0) is 15.7 Å². The molecule has 2 saturated heterocycles. The highest BCUT2D eigenvalue weighted by atomic mass is 32.2. The SMILES string of the molecule is O=S1CCCN1C1CCC(C=Nc2nc(N3CCOCC3)cc(-n3c(C(F)F)nc4ccccc43)n2)CC1. The van der Waals surface area contributed by atoms with Crippen LogP contribution in [0.2, 0.25) is 0 Å². The predicted octanol–water partition coefficient (Wildman–Crippen LogP) is 4.22. The maximum Gasteiger partial charge on any atom is 0.296 e. The third kappa shape index (κ3) is 5.21. The van der Waals surface area contributed by atoms with E-state index in [9.17, 15) is 13.0 Å². The lowest BCUT2D eigenvalue weighted by Gasteiger charge is -2.32. The number of nitrogens with zero attached hydrogens (tertiary/aromatic N) is 7. The molecule has 3 aliphatic rings. The molecule has 1 atom stereocenters. The lowest BCUT2D eigenvalue weighted by Crippen LogP contribution is -2.37. The number of aliphatic imine (C=N–C) groups is 1. The molecular weight excluding hydrogens is 512 g/mol. The van der Waals surface area contributed by atoms with E-state index < -0.39 is 17.4 Å². The molecule has 2 aromatic heterocycles. The van der Waals surface area contributed by atoms with E-state index in [1.165, 1.54) is 4.57 Å². The molecule has 0 amide bonds. The average Bonchev–Trinajstić information content (AvgIpc) is 3.56. The van der Waals surface area contributed by atoms with Crippen LogP contribution in [0.1, 0.15) is 44.4 Å². The van der Waals surface area contributed by atoms with Gasteiger partial charge >= 0.3 is 0 Å². The van der Waals surface area contributed by atoms with Crippen molar-refractivity contribution >= 4 is 40.0 Å². The summed E-state index contributed by atoms with van der Waals surface area (Å²) in [4.78, 5) is 20.2. The van der Waals surface area contributed by atoms with Crippen LogP contribution < -0.4 is 4.90 Å². The number of para-hydroxylation sites is 2. The van der Waals surface area contributed by atoms with Crippen molar-refractivity contribution in [3.8, 4) is 5.82 Å². The first-order valence-electron chi connectivity index (χ1n) is 13.2. The molecule has 0 spiro atoms. The Kier molecular flexibility index (Phi) is 7.44. The zero-order valence-corrected chi connectivity index (χ0v) is 21.9. The van der Waals surface area contributed by atoms with E-state index in [2.05, 4.69) is 29.1 Å². The first-order chi connectivity index (χ1) is 18.6. The van der Waals surface area contributed by atoms with Gasteiger partial charge < -0.3 is 9.64 Å². The molecule has 2 aliphatic heterocycles. The highest BCUT2D eigenvalue weighted by molar-refractivity contribution is 7.82. The Bertz CT molecular complexity index is 1340. The van der Waals surface area contributed by atoms with E-state index in [0.717, 1.165) is 44.4 Å². The molecule has 38 heavy (non-hydrogen) atoms. The van der Waals surface area contributed by atoms with Crippen molar-refractivity contribution in [1.82, 2.24) is 23.8 Å². The average molecular weight is 544 g/mol. The molecule has 0 bridgehead atoms. The van der Waals surface area contributed by atoms with Crippen molar-refractivity contribution in [1.29, 1.82) is 0 Å². The highest BCUT2D eigenvalue weighted by Crippen LogP contribution is 2.31. The van der Waals surface area contributed by atoms with Crippen molar-refractivity contribution < 1.29 is 17.7 Å². The lowest BCUT2D eigenvalue weighted by atomic mass is 9.87. The van der Waals surface area contributed by atoms with E-state index in [1.807, 2.05) is 6.21 Å². The fourth-order valence-corrected chi connectivity index (χ4v) is 7.08. The number of benzene rings is 1. The van der Waals surface area contributed by atoms with Crippen molar-refractivity contribution in [2.24, 2.45) is 10.9 Å². The van der Waals surface area contributed by atoms with E-state index in [0.29, 0.717) is 55.0 Å². The number of hydrogen-bond acceptors (Lipinski definition) is 7. The number of alkyl halides is 2. The van der Waals surface area contributed by atoms with Gasteiger partial charge in [-0.3, -0.25) is 4.57 Å². The van der Waals surface area contributed by atoms with Gasteiger partial charge in [-0.15, -0.1) is 0 Å². The van der Waals surface area contributed by atoms with Crippen LogP contribution >= 0.6 is 0 Å². The molecule has 202 valence electrons. The summed E-state index contributed by atoms with van der Waals surface area (Å²) in [5.74, 6) is 1.88. The second kappa shape index (κ2) is 11.1. The quantitative estimate of drug-likeness (QED) is 0.433. The van der Waals surface area contributed by atoms with Gasteiger partial charge in [0.1, 0.15) is 11.6 Å². The van der Waals surface area contributed by atoms with E-state index >= 15 is 0 Å². The maximum absolute atomic E-state index is 14.1. The van der Waals surface area contributed by atoms with Crippen molar-refractivity contribution in [3.05, 3.63) is 36.2 Å². The molecule has 1 aromatic carbocycles. The largest absolute Gasteiger partial charge is 0.378 e. The summed E-state index contributed by atoms with van der Waals surface area (Å²) in [7, 11) is -0.836. The summed E-state index contributed by atoms with van der Waals surface area (Å²) in [6.07, 6.45) is 4.03. The second-order valence-electron chi connectivity index (χ2n) is 9.95. The Morgan fingerprint density at radius 1 is 1.03 bits per heavy atom. The summed E-state index contributed by atoms with van der Waals surface area (Å²) in [6.45, 7) is 3.35. The summed E-state index contributed by atoms with van der Waals surface area (Å²) < 4.78 is 49.4. The molecule has 3 fully saturated rings. The van der Waals surface area contributed by atoms with Crippen LogP contribution in [0.3, 0.4) is 0 Å². The van der Waals surface area contributed by atoms with Crippen molar-refractivity contribution in [3.63, 3.8) is 0 Å². The molecule has 1 unspecified atom stereocenters. The Balaban J connectivity index is 1.30. The number of rotatable bonds is 6. The van der Waals surface area contributed by atoms with E-state index in [1.54, 1.807) is 30.3 Å². The molecule has 0 N–H and O–H groups in total. The molecular formula is C26H31F2N7O2S.